The first-order valence-electron chi connectivity index (χ1n) is 3.65. The number of hydrogen-bond acceptors (Lipinski definition) is 6. The van der Waals surface area contributed by atoms with Crippen LogP contribution in [-0.4, -0.2) is 57.7 Å². The van der Waals surface area contributed by atoms with Crippen molar-refractivity contribution in [3.8, 4) is 0 Å². The van der Waals surface area contributed by atoms with Gasteiger partial charge < -0.3 is 30.9 Å². The number of aliphatic hydroxyl groups is 4. The minimum Gasteiger partial charge on any atom is -0.388 e. The fourth-order valence-electron chi connectivity index (χ4n) is 1.13. The van der Waals surface area contributed by atoms with E-state index >= 15 is 0 Å². The molecule has 5 atom stereocenters. The van der Waals surface area contributed by atoms with Gasteiger partial charge in [0, 0.05) is 6.54 Å². The molecule has 0 unspecified atom stereocenters. The molecule has 1 saturated heterocycles. The molecule has 1 heterocycles. The Kier molecular flexibility index (Phi) is 2.99. The highest BCUT2D eigenvalue weighted by molar-refractivity contribution is 4.88. The third-order valence-electron chi connectivity index (χ3n) is 1.92. The Morgan fingerprint density at radius 2 is 1.58 bits per heavy atom. The van der Waals surface area contributed by atoms with Crippen LogP contribution in [0.3, 0.4) is 0 Å². The van der Waals surface area contributed by atoms with E-state index < -0.39 is 30.7 Å². The molecule has 0 amide bonds. The van der Waals surface area contributed by atoms with Gasteiger partial charge in [-0.2, -0.15) is 0 Å². The molecule has 0 radical (unpaired) electrons. The van der Waals surface area contributed by atoms with E-state index in [1.54, 1.807) is 0 Å². The van der Waals surface area contributed by atoms with Crippen LogP contribution in [-0.2, 0) is 4.74 Å². The van der Waals surface area contributed by atoms with Crippen molar-refractivity contribution in [2.24, 2.45) is 5.73 Å². The van der Waals surface area contributed by atoms with E-state index in [1.807, 2.05) is 0 Å². The lowest BCUT2D eigenvalue weighted by molar-refractivity contribution is -0.279. The second-order valence-corrected chi connectivity index (χ2v) is 2.77. The zero-order valence-electron chi connectivity index (χ0n) is 6.37. The van der Waals surface area contributed by atoms with E-state index in [2.05, 4.69) is 0 Å². The van der Waals surface area contributed by atoms with Crippen LogP contribution in [0.5, 0.6) is 0 Å². The van der Waals surface area contributed by atoms with Crippen LogP contribution < -0.4 is 5.73 Å². The van der Waals surface area contributed by atoms with Crippen LogP contribution in [0.1, 0.15) is 0 Å². The molecule has 1 fully saturated rings. The lowest BCUT2D eigenvalue weighted by Gasteiger charge is -2.37. The topological polar surface area (TPSA) is 116 Å². The molecule has 12 heavy (non-hydrogen) atoms. The highest BCUT2D eigenvalue weighted by atomic mass is 16.6. The Labute approximate surface area is 69.2 Å². The Bertz CT molecular complexity index is 150. The Morgan fingerprint density at radius 3 is 2.08 bits per heavy atom. The van der Waals surface area contributed by atoms with Gasteiger partial charge in [0.1, 0.15) is 24.4 Å². The van der Waals surface area contributed by atoms with E-state index in [-0.39, 0.29) is 6.54 Å². The van der Waals surface area contributed by atoms with Gasteiger partial charge in [0.05, 0.1) is 0 Å². The van der Waals surface area contributed by atoms with Crippen molar-refractivity contribution >= 4 is 0 Å². The van der Waals surface area contributed by atoms with Gasteiger partial charge in [0.15, 0.2) is 6.29 Å². The summed E-state index contributed by atoms with van der Waals surface area (Å²) >= 11 is 0. The van der Waals surface area contributed by atoms with E-state index in [1.165, 1.54) is 0 Å². The molecule has 6 nitrogen and oxygen atoms in total. The van der Waals surface area contributed by atoms with E-state index in [9.17, 15) is 5.11 Å². The predicted molar refractivity (Wildman–Crippen MR) is 38.0 cm³/mol. The van der Waals surface area contributed by atoms with Gasteiger partial charge in [-0.1, -0.05) is 0 Å². The van der Waals surface area contributed by atoms with Crippen LogP contribution in [0.25, 0.3) is 0 Å². The van der Waals surface area contributed by atoms with Gasteiger partial charge in [-0.05, 0) is 0 Å². The number of nitrogens with two attached hydrogens (primary N) is 1. The highest BCUT2D eigenvalue weighted by Crippen LogP contribution is 2.18. The molecule has 0 spiro atoms. The van der Waals surface area contributed by atoms with Gasteiger partial charge in [-0.3, -0.25) is 0 Å². The second-order valence-electron chi connectivity index (χ2n) is 2.77. The first-order chi connectivity index (χ1) is 5.57. The molecule has 0 saturated carbocycles. The summed E-state index contributed by atoms with van der Waals surface area (Å²) in [5.74, 6) is 0. The Balaban J connectivity index is 2.63. The first kappa shape index (κ1) is 9.85. The van der Waals surface area contributed by atoms with Crippen molar-refractivity contribution < 1.29 is 25.2 Å². The average Bonchev–Trinajstić information content (AvgIpc) is 2.08. The maximum absolute atomic E-state index is 9.20. The third-order valence-corrected chi connectivity index (χ3v) is 1.92. The molecule has 1 rings (SSSR count). The molecular weight excluding hydrogens is 166 g/mol. The van der Waals surface area contributed by atoms with Crippen molar-refractivity contribution in [1.82, 2.24) is 0 Å². The SMILES string of the molecule is NC[C@H]1O[C@@H](O)[C@@H](O)[C@@H](O)[C@@H]1O. The minimum absolute atomic E-state index is 0.0258. The van der Waals surface area contributed by atoms with Crippen LogP contribution in [0.15, 0.2) is 0 Å². The maximum Gasteiger partial charge on any atom is 0.184 e. The first-order valence-corrected chi connectivity index (χ1v) is 3.65. The van der Waals surface area contributed by atoms with Gasteiger partial charge in [-0.15, -0.1) is 0 Å². The summed E-state index contributed by atoms with van der Waals surface area (Å²) in [5, 5.41) is 36.3. The number of aliphatic hydroxyl groups excluding tert-OH is 4. The Morgan fingerprint density at radius 1 is 1.00 bits per heavy atom. The quantitative estimate of drug-likeness (QED) is 0.288. The van der Waals surface area contributed by atoms with Gasteiger partial charge in [0.2, 0.25) is 0 Å². The second kappa shape index (κ2) is 3.65. The van der Waals surface area contributed by atoms with Crippen LogP contribution in [0.4, 0.5) is 0 Å². The molecule has 0 aliphatic carbocycles. The van der Waals surface area contributed by atoms with Crippen molar-refractivity contribution in [3.05, 3.63) is 0 Å². The van der Waals surface area contributed by atoms with Crippen LogP contribution in [0, 0.1) is 0 Å². The summed E-state index contributed by atoms with van der Waals surface area (Å²) in [5.41, 5.74) is 5.17. The van der Waals surface area contributed by atoms with Crippen molar-refractivity contribution in [1.29, 1.82) is 0 Å². The van der Waals surface area contributed by atoms with E-state index in [0.29, 0.717) is 0 Å². The standard InChI is InChI=1S/C6H13NO5/c7-1-2-3(8)4(9)5(10)6(11)12-2/h2-6,8-11H,1,7H2/t2-,3-,4+,5+,6-/m1/s1. The number of ether oxygens (including phenoxy) is 1. The minimum atomic E-state index is -1.49. The Hall–Kier alpha value is -0.240. The largest absolute Gasteiger partial charge is 0.388 e. The van der Waals surface area contributed by atoms with Crippen molar-refractivity contribution in [3.63, 3.8) is 0 Å². The summed E-state index contributed by atoms with van der Waals surface area (Å²) < 4.78 is 4.70. The molecule has 1 aliphatic rings. The monoisotopic (exact) mass is 179 g/mol. The molecule has 6 heteroatoms. The molecule has 0 aromatic rings. The molecule has 0 bridgehead atoms. The highest BCUT2D eigenvalue weighted by Gasteiger charge is 2.42. The summed E-state index contributed by atoms with van der Waals surface area (Å²) in [6, 6.07) is 0. The normalized spacial score (nSPS) is 49.2. The summed E-state index contributed by atoms with van der Waals surface area (Å²) in [6.45, 7) is -0.0258. The lowest BCUT2D eigenvalue weighted by Crippen LogP contribution is -2.59. The fourth-order valence-corrected chi connectivity index (χ4v) is 1.13. The van der Waals surface area contributed by atoms with Crippen LogP contribution in [0.2, 0.25) is 0 Å². The van der Waals surface area contributed by atoms with Gasteiger partial charge >= 0.3 is 0 Å². The van der Waals surface area contributed by atoms with Gasteiger partial charge in [-0.25, -0.2) is 0 Å². The maximum atomic E-state index is 9.20. The van der Waals surface area contributed by atoms with Crippen molar-refractivity contribution in [2.45, 2.75) is 30.7 Å². The summed E-state index contributed by atoms with van der Waals surface area (Å²) in [6.07, 6.45) is -6.48. The molecule has 0 aromatic heterocycles. The molecule has 1 aliphatic heterocycles. The molecular formula is C6H13NO5. The summed E-state index contributed by atoms with van der Waals surface area (Å²) in [7, 11) is 0. The van der Waals surface area contributed by atoms with E-state index in [0.717, 1.165) is 0 Å². The van der Waals surface area contributed by atoms with E-state index in [4.69, 9.17) is 25.8 Å². The fraction of sp³-hybridized carbons (Fsp3) is 1.00. The third kappa shape index (κ3) is 1.58. The summed E-state index contributed by atoms with van der Waals surface area (Å²) in [4.78, 5) is 0. The van der Waals surface area contributed by atoms with Crippen LogP contribution >= 0.6 is 0 Å². The number of rotatable bonds is 1. The smallest absolute Gasteiger partial charge is 0.184 e. The lowest BCUT2D eigenvalue weighted by atomic mass is 9.99. The molecule has 6 N–H and O–H groups in total. The zero-order chi connectivity index (χ0) is 9.30. The average molecular weight is 179 g/mol. The molecule has 72 valence electrons. The van der Waals surface area contributed by atoms with Crippen molar-refractivity contribution in [2.75, 3.05) is 6.54 Å². The molecule has 0 aromatic carbocycles. The predicted octanol–water partition coefficient (Wildman–Crippen LogP) is -3.25. The number of hydrogen-bond donors (Lipinski definition) is 5. The zero-order valence-corrected chi connectivity index (χ0v) is 6.37. The van der Waals surface area contributed by atoms with Gasteiger partial charge in [0.25, 0.3) is 0 Å².